The Morgan fingerprint density at radius 1 is 1.53 bits per heavy atom. The Kier molecular flexibility index (Phi) is 3.54. The highest BCUT2D eigenvalue weighted by Gasteiger charge is 2.42. The maximum atomic E-state index is 9.81. The van der Waals surface area contributed by atoms with E-state index in [1.54, 1.807) is 0 Å². The van der Waals surface area contributed by atoms with Gasteiger partial charge in [0.25, 0.3) is 0 Å². The molecule has 3 N–H and O–H groups in total. The van der Waals surface area contributed by atoms with Gasteiger partial charge in [0.05, 0.1) is 6.20 Å². The topological polar surface area (TPSA) is 64.1 Å². The fourth-order valence-electron chi connectivity index (χ4n) is 3.40. The lowest BCUT2D eigenvalue weighted by atomic mass is 9.72. The van der Waals surface area contributed by atoms with E-state index in [2.05, 4.69) is 12.0 Å². The molecular weight excluding hydrogens is 214 g/mol. The summed E-state index contributed by atoms with van der Waals surface area (Å²) in [6.45, 7) is 2.89. The molecule has 1 fully saturated rings. The Morgan fingerprint density at radius 3 is 2.59 bits per heavy atom. The highest BCUT2D eigenvalue weighted by Crippen LogP contribution is 2.48. The first-order chi connectivity index (χ1) is 8.14. The molecule has 0 aromatic carbocycles. The number of hydrogen-bond donors (Lipinski definition) is 2. The van der Waals surface area contributed by atoms with Gasteiger partial charge in [0.15, 0.2) is 0 Å². The molecule has 1 saturated carbocycles. The Morgan fingerprint density at radius 2 is 2.18 bits per heavy atom. The lowest BCUT2D eigenvalue weighted by Gasteiger charge is -2.36. The molecule has 1 aliphatic rings. The fraction of sp³-hybridized carbons (Fsp3) is 0.769. The molecule has 0 saturated heterocycles. The molecule has 1 heterocycles. The number of aliphatic hydroxyl groups is 1. The average molecular weight is 237 g/mol. The standard InChI is InChI=1S/C13H23N3O/c1-10-8-15-16(2)12(10)11(7-14)13(9-17)5-3-4-6-13/h8,11,17H,3-7,9,14H2,1-2H3/t11-/m1/s1. The van der Waals surface area contributed by atoms with E-state index in [1.165, 1.54) is 24.1 Å². The zero-order chi connectivity index (χ0) is 12.5. The summed E-state index contributed by atoms with van der Waals surface area (Å²) in [7, 11) is 1.96. The van der Waals surface area contributed by atoms with E-state index in [9.17, 15) is 5.11 Å². The predicted octanol–water partition coefficient (Wildman–Crippen LogP) is 1.32. The van der Waals surface area contributed by atoms with Crippen LogP contribution in [0.1, 0.15) is 42.9 Å². The molecule has 0 bridgehead atoms. The summed E-state index contributed by atoms with van der Waals surface area (Å²) in [5, 5.41) is 14.1. The van der Waals surface area contributed by atoms with Gasteiger partial charge in [-0.15, -0.1) is 0 Å². The quantitative estimate of drug-likeness (QED) is 0.830. The predicted molar refractivity (Wildman–Crippen MR) is 67.7 cm³/mol. The van der Waals surface area contributed by atoms with Crippen LogP contribution >= 0.6 is 0 Å². The van der Waals surface area contributed by atoms with E-state index in [1.807, 2.05) is 17.9 Å². The van der Waals surface area contributed by atoms with Crippen LogP contribution in [-0.2, 0) is 7.05 Å². The molecule has 0 unspecified atom stereocenters. The van der Waals surface area contributed by atoms with Gasteiger partial charge in [0, 0.05) is 37.2 Å². The number of aromatic nitrogens is 2. The van der Waals surface area contributed by atoms with Crippen molar-refractivity contribution in [2.24, 2.45) is 18.2 Å². The second kappa shape index (κ2) is 4.78. The van der Waals surface area contributed by atoms with Crippen LogP contribution in [0.2, 0.25) is 0 Å². The van der Waals surface area contributed by atoms with Gasteiger partial charge in [-0.25, -0.2) is 0 Å². The third-order valence-corrected chi connectivity index (χ3v) is 4.40. The molecule has 17 heavy (non-hydrogen) atoms. The summed E-state index contributed by atoms with van der Waals surface area (Å²) < 4.78 is 1.92. The van der Waals surface area contributed by atoms with Crippen LogP contribution in [0.3, 0.4) is 0 Å². The van der Waals surface area contributed by atoms with Crippen molar-refractivity contribution in [1.29, 1.82) is 0 Å². The molecule has 4 nitrogen and oxygen atoms in total. The van der Waals surface area contributed by atoms with E-state index in [0.29, 0.717) is 6.54 Å². The Hall–Kier alpha value is -0.870. The fourth-order valence-corrected chi connectivity index (χ4v) is 3.40. The largest absolute Gasteiger partial charge is 0.396 e. The minimum absolute atomic E-state index is 0.0205. The van der Waals surface area contributed by atoms with Crippen LogP contribution in [0.5, 0.6) is 0 Å². The maximum absolute atomic E-state index is 9.81. The van der Waals surface area contributed by atoms with Gasteiger partial charge in [-0.2, -0.15) is 5.10 Å². The summed E-state index contributed by atoms with van der Waals surface area (Å²) in [5.74, 6) is 0.225. The molecule has 2 rings (SSSR count). The van der Waals surface area contributed by atoms with Gasteiger partial charge in [-0.3, -0.25) is 4.68 Å². The number of nitrogens with zero attached hydrogens (tertiary/aromatic N) is 2. The molecule has 1 aromatic rings. The van der Waals surface area contributed by atoms with Crippen molar-refractivity contribution in [3.05, 3.63) is 17.5 Å². The molecule has 4 heteroatoms. The Balaban J connectivity index is 2.39. The summed E-state index contributed by atoms with van der Waals surface area (Å²) in [6, 6.07) is 0. The van der Waals surface area contributed by atoms with Crippen molar-refractivity contribution in [2.45, 2.75) is 38.5 Å². The van der Waals surface area contributed by atoms with Gasteiger partial charge < -0.3 is 10.8 Å². The van der Waals surface area contributed by atoms with E-state index in [-0.39, 0.29) is 17.9 Å². The van der Waals surface area contributed by atoms with Crippen molar-refractivity contribution in [1.82, 2.24) is 9.78 Å². The van der Waals surface area contributed by atoms with Gasteiger partial charge in [0.1, 0.15) is 0 Å². The second-order valence-electron chi connectivity index (χ2n) is 5.35. The molecule has 0 amide bonds. The van der Waals surface area contributed by atoms with E-state index in [4.69, 9.17) is 5.73 Å². The molecule has 1 aromatic heterocycles. The van der Waals surface area contributed by atoms with Crippen LogP contribution in [0.25, 0.3) is 0 Å². The smallest absolute Gasteiger partial charge is 0.0521 e. The first-order valence-corrected chi connectivity index (χ1v) is 6.44. The lowest BCUT2D eigenvalue weighted by Crippen LogP contribution is -2.36. The molecule has 1 aliphatic carbocycles. The molecule has 0 spiro atoms. The average Bonchev–Trinajstić information content (AvgIpc) is 2.92. The van der Waals surface area contributed by atoms with Crippen molar-refractivity contribution in [2.75, 3.05) is 13.2 Å². The maximum Gasteiger partial charge on any atom is 0.0521 e. The molecule has 96 valence electrons. The van der Waals surface area contributed by atoms with E-state index < -0.39 is 0 Å². The highest BCUT2D eigenvalue weighted by molar-refractivity contribution is 5.24. The van der Waals surface area contributed by atoms with Crippen molar-refractivity contribution < 1.29 is 5.11 Å². The van der Waals surface area contributed by atoms with Crippen molar-refractivity contribution in [3.8, 4) is 0 Å². The summed E-state index contributed by atoms with van der Waals surface area (Å²) in [5.41, 5.74) is 8.35. The van der Waals surface area contributed by atoms with E-state index in [0.717, 1.165) is 12.8 Å². The number of rotatable bonds is 4. The van der Waals surface area contributed by atoms with Crippen molar-refractivity contribution in [3.63, 3.8) is 0 Å². The molecule has 0 aliphatic heterocycles. The molecule has 1 atom stereocenters. The van der Waals surface area contributed by atoms with E-state index >= 15 is 0 Å². The first kappa shape index (κ1) is 12.6. The third kappa shape index (κ3) is 2.00. The lowest BCUT2D eigenvalue weighted by molar-refractivity contribution is 0.0993. The SMILES string of the molecule is Cc1cnn(C)c1[C@@H](CN)C1(CO)CCCC1. The Bertz CT molecular complexity index is 361. The highest BCUT2D eigenvalue weighted by atomic mass is 16.3. The summed E-state index contributed by atoms with van der Waals surface area (Å²) >= 11 is 0. The molecule has 0 radical (unpaired) electrons. The van der Waals surface area contributed by atoms with Gasteiger partial charge >= 0.3 is 0 Å². The van der Waals surface area contributed by atoms with Crippen LogP contribution in [-0.4, -0.2) is 28.0 Å². The van der Waals surface area contributed by atoms with Crippen LogP contribution in [0, 0.1) is 12.3 Å². The Labute approximate surface area is 103 Å². The zero-order valence-corrected chi connectivity index (χ0v) is 10.8. The number of hydrogen-bond acceptors (Lipinski definition) is 3. The summed E-state index contributed by atoms with van der Waals surface area (Å²) in [6.07, 6.45) is 6.45. The minimum Gasteiger partial charge on any atom is -0.396 e. The van der Waals surface area contributed by atoms with Crippen LogP contribution < -0.4 is 5.73 Å². The first-order valence-electron chi connectivity index (χ1n) is 6.44. The van der Waals surface area contributed by atoms with Crippen molar-refractivity contribution >= 4 is 0 Å². The minimum atomic E-state index is -0.0205. The summed E-state index contributed by atoms with van der Waals surface area (Å²) in [4.78, 5) is 0. The monoisotopic (exact) mass is 237 g/mol. The number of nitrogens with two attached hydrogens (primary N) is 1. The molecular formula is C13H23N3O. The number of aliphatic hydroxyl groups excluding tert-OH is 1. The van der Waals surface area contributed by atoms with Gasteiger partial charge in [0.2, 0.25) is 0 Å². The normalized spacial score (nSPS) is 20.7. The van der Waals surface area contributed by atoms with Crippen LogP contribution in [0.15, 0.2) is 6.20 Å². The third-order valence-electron chi connectivity index (χ3n) is 4.40. The second-order valence-corrected chi connectivity index (χ2v) is 5.35. The number of aryl methyl sites for hydroxylation is 2. The van der Waals surface area contributed by atoms with Gasteiger partial charge in [-0.05, 0) is 25.3 Å². The zero-order valence-electron chi connectivity index (χ0n) is 10.8. The van der Waals surface area contributed by atoms with Crippen LogP contribution in [0.4, 0.5) is 0 Å². The van der Waals surface area contributed by atoms with Gasteiger partial charge in [-0.1, -0.05) is 12.8 Å².